The summed E-state index contributed by atoms with van der Waals surface area (Å²) in [6.45, 7) is 3.34. The number of aliphatic hydroxyl groups excluding tert-OH is 1. The fraction of sp³-hybridized carbons (Fsp3) is 0.278. The number of rotatable bonds is 7. The van der Waals surface area contributed by atoms with Crippen molar-refractivity contribution < 1.29 is 27.9 Å². The van der Waals surface area contributed by atoms with E-state index in [0.717, 1.165) is 6.07 Å². The van der Waals surface area contributed by atoms with Crippen molar-refractivity contribution in [2.24, 2.45) is 5.92 Å². The summed E-state index contributed by atoms with van der Waals surface area (Å²) in [5, 5.41) is 12.1. The van der Waals surface area contributed by atoms with E-state index in [2.05, 4.69) is 26.7 Å². The molecule has 0 heterocycles. The number of hydrogen-bond donors (Lipinski definition) is 3. The fourth-order valence-corrected chi connectivity index (χ4v) is 2.92. The van der Waals surface area contributed by atoms with E-state index in [-0.39, 0.29) is 28.2 Å². The second-order valence-electron chi connectivity index (χ2n) is 6.21. The van der Waals surface area contributed by atoms with Gasteiger partial charge in [0.1, 0.15) is 12.4 Å². The quantitative estimate of drug-likeness (QED) is 0.251. The second-order valence-corrected chi connectivity index (χ2v) is 8.31. The van der Waals surface area contributed by atoms with Gasteiger partial charge in [-0.15, -0.1) is 0 Å². The molecular formula is C18H17BrF3IN2O3. The van der Waals surface area contributed by atoms with Crippen LogP contribution in [-0.4, -0.2) is 23.7 Å². The first kappa shape index (κ1) is 22.9. The molecule has 0 aliphatic carbocycles. The van der Waals surface area contributed by atoms with Crippen LogP contribution in [0.25, 0.3) is 0 Å². The Labute approximate surface area is 181 Å². The van der Waals surface area contributed by atoms with Crippen molar-refractivity contribution in [1.29, 1.82) is 0 Å². The van der Waals surface area contributed by atoms with Crippen LogP contribution in [0.15, 0.2) is 28.7 Å². The van der Waals surface area contributed by atoms with Crippen molar-refractivity contribution >= 4 is 55.8 Å². The largest absolute Gasteiger partial charge is 0.390 e. The van der Waals surface area contributed by atoms with Crippen molar-refractivity contribution in [2.45, 2.75) is 20.0 Å². The first-order chi connectivity index (χ1) is 13.1. The topological polar surface area (TPSA) is 70.6 Å². The zero-order valence-corrected chi connectivity index (χ0v) is 18.6. The number of carbonyl (C=O) groups is 1. The lowest BCUT2D eigenvalue weighted by Crippen LogP contribution is -2.31. The minimum absolute atomic E-state index is 0.101. The van der Waals surface area contributed by atoms with Crippen LogP contribution in [0.3, 0.4) is 0 Å². The molecule has 0 saturated heterocycles. The highest BCUT2D eigenvalue weighted by atomic mass is 127. The van der Waals surface area contributed by atoms with E-state index in [0.29, 0.717) is 3.57 Å². The molecule has 28 heavy (non-hydrogen) atoms. The highest BCUT2D eigenvalue weighted by molar-refractivity contribution is 14.1. The summed E-state index contributed by atoms with van der Waals surface area (Å²) in [4.78, 5) is 17.3. The van der Waals surface area contributed by atoms with Crippen molar-refractivity contribution in [2.75, 3.05) is 11.9 Å². The second kappa shape index (κ2) is 9.90. The number of anilines is 2. The molecule has 2 rings (SSSR count). The normalized spacial score (nSPS) is 12.2. The Morgan fingerprint density at radius 2 is 1.93 bits per heavy atom. The predicted octanol–water partition coefficient (Wildman–Crippen LogP) is 4.89. The average molecular weight is 573 g/mol. The fourth-order valence-electron chi connectivity index (χ4n) is 2.06. The van der Waals surface area contributed by atoms with E-state index in [1.165, 1.54) is 12.1 Å². The van der Waals surface area contributed by atoms with Crippen LogP contribution in [0.2, 0.25) is 0 Å². The van der Waals surface area contributed by atoms with Gasteiger partial charge in [0.05, 0.1) is 27.5 Å². The zero-order valence-electron chi connectivity index (χ0n) is 14.8. The lowest BCUT2D eigenvalue weighted by atomic mass is 10.1. The average Bonchev–Trinajstić information content (AvgIpc) is 2.63. The number of nitrogens with one attached hydrogen (secondary N) is 2. The molecule has 0 aromatic heterocycles. The summed E-state index contributed by atoms with van der Waals surface area (Å²) in [6.07, 6.45) is -0.824. The van der Waals surface area contributed by atoms with Crippen LogP contribution < -0.4 is 10.8 Å². The maximum Gasteiger partial charge on any atom is 0.277 e. The van der Waals surface area contributed by atoms with Gasteiger partial charge >= 0.3 is 0 Å². The van der Waals surface area contributed by atoms with Crippen LogP contribution in [0.4, 0.5) is 24.5 Å². The van der Waals surface area contributed by atoms with E-state index in [4.69, 9.17) is 4.84 Å². The van der Waals surface area contributed by atoms with Crippen molar-refractivity contribution in [1.82, 2.24) is 5.48 Å². The first-order valence-electron chi connectivity index (χ1n) is 8.11. The number of hydroxylamine groups is 1. The Morgan fingerprint density at radius 3 is 2.54 bits per heavy atom. The molecule has 10 heteroatoms. The van der Waals surface area contributed by atoms with Crippen molar-refractivity contribution in [3.63, 3.8) is 0 Å². The summed E-state index contributed by atoms with van der Waals surface area (Å²) in [7, 11) is 0. The van der Waals surface area contributed by atoms with E-state index >= 15 is 0 Å². The molecule has 0 saturated carbocycles. The molecule has 0 radical (unpaired) electrons. The highest BCUT2D eigenvalue weighted by Crippen LogP contribution is 2.32. The van der Waals surface area contributed by atoms with Crippen molar-refractivity contribution in [3.05, 3.63) is 55.3 Å². The lowest BCUT2D eigenvalue weighted by molar-refractivity contribution is -0.0268. The molecule has 1 unspecified atom stereocenters. The first-order valence-corrected chi connectivity index (χ1v) is 9.98. The maximum atomic E-state index is 14.5. The molecule has 0 aliphatic rings. The summed E-state index contributed by atoms with van der Waals surface area (Å²) in [5.74, 6) is -4.29. The van der Waals surface area contributed by atoms with Crippen molar-refractivity contribution in [3.8, 4) is 0 Å². The van der Waals surface area contributed by atoms with Gasteiger partial charge in [0.15, 0.2) is 11.6 Å². The smallest absolute Gasteiger partial charge is 0.277 e. The van der Waals surface area contributed by atoms with Gasteiger partial charge in [-0.3, -0.25) is 9.63 Å². The Morgan fingerprint density at radius 1 is 1.25 bits per heavy atom. The molecule has 0 spiro atoms. The van der Waals surface area contributed by atoms with E-state index in [1.807, 2.05) is 22.6 Å². The zero-order chi connectivity index (χ0) is 21.0. The van der Waals surface area contributed by atoms with Gasteiger partial charge in [0.25, 0.3) is 5.91 Å². The van der Waals surface area contributed by atoms with E-state index in [1.54, 1.807) is 19.9 Å². The molecule has 0 fully saturated rings. The van der Waals surface area contributed by atoms with Crippen LogP contribution in [-0.2, 0) is 4.84 Å². The monoisotopic (exact) mass is 572 g/mol. The lowest BCUT2D eigenvalue weighted by Gasteiger charge is -2.17. The molecule has 1 amide bonds. The molecule has 5 nitrogen and oxygen atoms in total. The number of aliphatic hydroxyl groups is 1. The van der Waals surface area contributed by atoms with Gasteiger partial charge in [0, 0.05) is 3.57 Å². The molecule has 152 valence electrons. The Balaban J connectivity index is 2.31. The van der Waals surface area contributed by atoms with E-state index < -0.39 is 35.2 Å². The third kappa shape index (κ3) is 5.58. The predicted molar refractivity (Wildman–Crippen MR) is 111 cm³/mol. The molecule has 0 aliphatic heterocycles. The Hall–Kier alpha value is -1.37. The van der Waals surface area contributed by atoms with Gasteiger partial charge in [-0.2, -0.15) is 0 Å². The third-order valence-corrected chi connectivity index (χ3v) is 5.03. The summed E-state index contributed by atoms with van der Waals surface area (Å²) in [5.41, 5.74) is 1.07. The minimum atomic E-state index is -1.36. The molecule has 0 bridgehead atoms. The number of carbonyl (C=O) groups excluding carboxylic acids is 1. The van der Waals surface area contributed by atoms with Crippen LogP contribution in [0, 0.1) is 26.9 Å². The van der Waals surface area contributed by atoms with Crippen LogP contribution >= 0.6 is 38.5 Å². The van der Waals surface area contributed by atoms with Gasteiger partial charge in [-0.25, -0.2) is 18.7 Å². The molecule has 2 aromatic carbocycles. The van der Waals surface area contributed by atoms with Gasteiger partial charge < -0.3 is 10.4 Å². The summed E-state index contributed by atoms with van der Waals surface area (Å²) >= 11 is 4.74. The van der Waals surface area contributed by atoms with Gasteiger partial charge in [0.2, 0.25) is 0 Å². The number of halogens is 5. The Kier molecular flexibility index (Phi) is 8.10. The van der Waals surface area contributed by atoms with Gasteiger partial charge in [-0.1, -0.05) is 13.8 Å². The highest BCUT2D eigenvalue weighted by Gasteiger charge is 2.23. The number of hydrogen-bond acceptors (Lipinski definition) is 4. The third-order valence-electron chi connectivity index (χ3n) is 3.79. The Bertz CT molecular complexity index is 884. The number of amides is 1. The summed E-state index contributed by atoms with van der Waals surface area (Å²) in [6, 6.07) is 5.15. The molecule has 2 aromatic rings. The standard InChI is InChI=1S/C18H17BrF3IN2O3/c1-8(2)14(26)7-28-25-18(27)10-6-11(19)15(21)16(22)17(10)24-13-4-3-9(23)5-12(13)20/h3-6,8,14,24,26H,7H2,1-2H3,(H,25,27). The van der Waals surface area contributed by atoms with Crippen LogP contribution in [0.5, 0.6) is 0 Å². The number of benzene rings is 2. The molecular weight excluding hydrogens is 556 g/mol. The molecule has 3 N–H and O–H groups in total. The minimum Gasteiger partial charge on any atom is -0.390 e. The van der Waals surface area contributed by atoms with Gasteiger partial charge in [-0.05, 0) is 68.7 Å². The summed E-state index contributed by atoms with van der Waals surface area (Å²) < 4.78 is 42.9. The SMILES string of the molecule is CC(C)C(O)CONC(=O)c1cc(Br)c(F)c(F)c1Nc1ccc(I)cc1F. The molecule has 1 atom stereocenters. The van der Waals surface area contributed by atoms with E-state index in [9.17, 15) is 23.1 Å². The maximum absolute atomic E-state index is 14.5. The van der Waals surface area contributed by atoms with Crippen LogP contribution in [0.1, 0.15) is 24.2 Å².